The number of hydrogen-bond donors (Lipinski definition) is 0. The molecule has 26 heavy (non-hydrogen) atoms. The van der Waals surface area contributed by atoms with Gasteiger partial charge in [0.05, 0.1) is 5.56 Å². The zero-order chi connectivity index (χ0) is 18.1. The molecule has 2 aromatic carbocycles. The van der Waals surface area contributed by atoms with Crippen LogP contribution in [0.2, 0.25) is 0 Å². The Morgan fingerprint density at radius 2 is 1.96 bits per heavy atom. The fraction of sp³-hybridized carbons (Fsp3) is 0.238. The Labute approximate surface area is 150 Å². The van der Waals surface area contributed by atoms with Crippen LogP contribution in [0.4, 0.5) is 0 Å². The number of fused-ring (bicyclic) bond motifs is 1. The van der Waals surface area contributed by atoms with E-state index in [9.17, 15) is 9.59 Å². The van der Waals surface area contributed by atoms with Crippen LogP contribution >= 0.6 is 0 Å². The minimum atomic E-state index is -0.514. The molecular formula is C21H18O5. The van der Waals surface area contributed by atoms with Gasteiger partial charge in [-0.1, -0.05) is 30.3 Å². The topological polar surface area (TPSA) is 65.7 Å². The number of esters is 1. The van der Waals surface area contributed by atoms with Crippen LogP contribution in [0.5, 0.6) is 5.75 Å². The summed E-state index contributed by atoms with van der Waals surface area (Å²) in [6, 6.07) is 14.5. The predicted octanol–water partition coefficient (Wildman–Crippen LogP) is 3.85. The van der Waals surface area contributed by atoms with Gasteiger partial charge in [0.25, 0.3) is 0 Å². The lowest BCUT2D eigenvalue weighted by atomic mass is 10.00. The molecule has 0 amide bonds. The molecule has 0 saturated carbocycles. The van der Waals surface area contributed by atoms with Crippen molar-refractivity contribution in [1.29, 1.82) is 0 Å². The minimum absolute atomic E-state index is 0.341. The molecule has 2 heterocycles. The van der Waals surface area contributed by atoms with E-state index in [-0.39, 0.29) is 0 Å². The molecule has 132 valence electrons. The van der Waals surface area contributed by atoms with Gasteiger partial charge in [0, 0.05) is 18.1 Å². The second kappa shape index (κ2) is 6.77. The van der Waals surface area contributed by atoms with Crippen molar-refractivity contribution in [3.63, 3.8) is 0 Å². The summed E-state index contributed by atoms with van der Waals surface area (Å²) in [4.78, 5) is 24.6. The molecule has 1 aliphatic heterocycles. The molecule has 1 unspecified atom stereocenters. The van der Waals surface area contributed by atoms with Crippen LogP contribution in [0.1, 0.15) is 18.4 Å². The average molecular weight is 350 g/mol. The zero-order valence-corrected chi connectivity index (χ0v) is 14.4. The van der Waals surface area contributed by atoms with Crippen LogP contribution in [-0.4, -0.2) is 18.7 Å². The number of rotatable bonds is 3. The molecule has 0 N–H and O–H groups in total. The number of benzene rings is 2. The molecule has 1 aromatic heterocycles. The van der Waals surface area contributed by atoms with E-state index >= 15 is 0 Å². The first-order chi connectivity index (χ1) is 12.6. The summed E-state index contributed by atoms with van der Waals surface area (Å²) >= 11 is 0. The summed E-state index contributed by atoms with van der Waals surface area (Å²) in [6.07, 6.45) is 1.01. The molecule has 5 heteroatoms. The fourth-order valence-electron chi connectivity index (χ4n) is 3.28. The lowest BCUT2D eigenvalue weighted by molar-refractivity contribution is -0.144. The van der Waals surface area contributed by atoms with Crippen LogP contribution in [0.15, 0.2) is 57.7 Å². The highest BCUT2D eigenvalue weighted by atomic mass is 16.6. The van der Waals surface area contributed by atoms with Crippen molar-refractivity contribution in [2.45, 2.75) is 25.9 Å². The maximum absolute atomic E-state index is 12.5. The van der Waals surface area contributed by atoms with Gasteiger partial charge in [0.15, 0.2) is 6.10 Å². The van der Waals surface area contributed by atoms with Crippen molar-refractivity contribution in [3.05, 3.63) is 64.5 Å². The highest BCUT2D eigenvalue weighted by Gasteiger charge is 2.25. The standard InChI is InChI=1S/C21H18O5/c1-13-16-10-9-15(25-20(22)17-8-5-11-24-17)12-18(16)26-21(23)19(13)14-6-3-2-4-7-14/h2-4,6-7,9-10,12,17H,5,8,11H2,1H3. The summed E-state index contributed by atoms with van der Waals surface area (Å²) < 4.78 is 16.2. The van der Waals surface area contributed by atoms with E-state index in [1.165, 1.54) is 0 Å². The molecule has 3 aromatic rings. The van der Waals surface area contributed by atoms with Crippen molar-refractivity contribution in [2.75, 3.05) is 6.61 Å². The quantitative estimate of drug-likeness (QED) is 0.408. The van der Waals surface area contributed by atoms with E-state index in [0.29, 0.717) is 29.9 Å². The first-order valence-electron chi connectivity index (χ1n) is 8.59. The second-order valence-corrected chi connectivity index (χ2v) is 6.34. The van der Waals surface area contributed by atoms with Gasteiger partial charge in [-0.3, -0.25) is 0 Å². The van der Waals surface area contributed by atoms with Crippen LogP contribution in [0.25, 0.3) is 22.1 Å². The predicted molar refractivity (Wildman–Crippen MR) is 97.3 cm³/mol. The van der Waals surface area contributed by atoms with Crippen LogP contribution < -0.4 is 10.4 Å². The number of carbonyl (C=O) groups excluding carboxylic acids is 1. The Kier molecular flexibility index (Phi) is 4.31. The number of carbonyl (C=O) groups is 1. The summed E-state index contributed by atoms with van der Waals surface area (Å²) in [5, 5.41) is 0.806. The van der Waals surface area contributed by atoms with Gasteiger partial charge in [-0.2, -0.15) is 0 Å². The number of ether oxygens (including phenoxy) is 2. The minimum Gasteiger partial charge on any atom is -0.424 e. The SMILES string of the molecule is Cc1c(-c2ccccc2)c(=O)oc2cc(OC(=O)C3CCCO3)ccc12. The first kappa shape index (κ1) is 16.5. The van der Waals surface area contributed by atoms with E-state index in [0.717, 1.165) is 22.9 Å². The highest BCUT2D eigenvalue weighted by molar-refractivity contribution is 5.88. The fourth-order valence-corrected chi connectivity index (χ4v) is 3.28. The monoisotopic (exact) mass is 350 g/mol. The summed E-state index contributed by atoms with van der Waals surface area (Å²) in [5.41, 5.74) is 2.17. The summed E-state index contributed by atoms with van der Waals surface area (Å²) in [6.45, 7) is 2.47. The normalized spacial score (nSPS) is 16.7. The summed E-state index contributed by atoms with van der Waals surface area (Å²) in [7, 11) is 0. The number of aryl methyl sites for hydroxylation is 1. The average Bonchev–Trinajstić information content (AvgIpc) is 3.17. The van der Waals surface area contributed by atoms with Gasteiger partial charge in [-0.15, -0.1) is 0 Å². The van der Waals surface area contributed by atoms with E-state index < -0.39 is 17.7 Å². The molecule has 0 spiro atoms. The second-order valence-electron chi connectivity index (χ2n) is 6.34. The lowest BCUT2D eigenvalue weighted by Crippen LogP contribution is -2.24. The third-order valence-electron chi connectivity index (χ3n) is 4.61. The van der Waals surface area contributed by atoms with Gasteiger partial charge in [0.2, 0.25) is 0 Å². The van der Waals surface area contributed by atoms with Crippen molar-refractivity contribution >= 4 is 16.9 Å². The van der Waals surface area contributed by atoms with Crippen LogP contribution in [0.3, 0.4) is 0 Å². The maximum atomic E-state index is 12.5. The van der Waals surface area contributed by atoms with Gasteiger partial charge >= 0.3 is 11.6 Å². The van der Waals surface area contributed by atoms with Crippen molar-refractivity contribution < 1.29 is 18.7 Å². The Hall–Kier alpha value is -2.92. The molecule has 1 fully saturated rings. The molecular weight excluding hydrogens is 332 g/mol. The van der Waals surface area contributed by atoms with Gasteiger partial charge in [-0.05, 0) is 43.0 Å². The van der Waals surface area contributed by atoms with Crippen molar-refractivity contribution in [1.82, 2.24) is 0 Å². The molecule has 4 rings (SSSR count). The highest BCUT2D eigenvalue weighted by Crippen LogP contribution is 2.29. The lowest BCUT2D eigenvalue weighted by Gasteiger charge is -2.11. The first-order valence-corrected chi connectivity index (χ1v) is 8.59. The third-order valence-corrected chi connectivity index (χ3v) is 4.61. The molecule has 1 atom stereocenters. The summed E-state index contributed by atoms with van der Waals surface area (Å²) in [5.74, 6) is -0.0742. The Balaban J connectivity index is 1.71. The molecule has 0 radical (unpaired) electrons. The van der Waals surface area contributed by atoms with Crippen molar-refractivity contribution in [3.8, 4) is 16.9 Å². The Morgan fingerprint density at radius 1 is 1.15 bits per heavy atom. The van der Waals surface area contributed by atoms with E-state index in [2.05, 4.69) is 0 Å². The zero-order valence-electron chi connectivity index (χ0n) is 14.4. The largest absolute Gasteiger partial charge is 0.424 e. The Morgan fingerprint density at radius 3 is 2.69 bits per heavy atom. The van der Waals surface area contributed by atoms with Crippen molar-refractivity contribution in [2.24, 2.45) is 0 Å². The smallest absolute Gasteiger partial charge is 0.344 e. The molecule has 1 aliphatic rings. The van der Waals surface area contributed by atoms with E-state index in [1.54, 1.807) is 18.2 Å². The number of hydrogen-bond acceptors (Lipinski definition) is 5. The van der Waals surface area contributed by atoms with Crippen LogP contribution in [0, 0.1) is 6.92 Å². The van der Waals surface area contributed by atoms with E-state index in [4.69, 9.17) is 13.9 Å². The molecule has 0 bridgehead atoms. The molecule has 0 aliphatic carbocycles. The molecule has 1 saturated heterocycles. The van der Waals surface area contributed by atoms with Crippen LogP contribution in [-0.2, 0) is 9.53 Å². The molecule has 5 nitrogen and oxygen atoms in total. The third kappa shape index (κ3) is 3.02. The van der Waals surface area contributed by atoms with Gasteiger partial charge in [-0.25, -0.2) is 9.59 Å². The Bertz CT molecular complexity index is 1010. The maximum Gasteiger partial charge on any atom is 0.344 e. The van der Waals surface area contributed by atoms with Gasteiger partial charge < -0.3 is 13.9 Å². The van der Waals surface area contributed by atoms with E-state index in [1.807, 2.05) is 37.3 Å². The van der Waals surface area contributed by atoms with Gasteiger partial charge in [0.1, 0.15) is 11.3 Å².